The van der Waals surface area contributed by atoms with Gasteiger partial charge in [-0.25, -0.2) is 0 Å². The number of fused-ring (bicyclic) bond motifs is 1. The molecule has 0 bridgehead atoms. The second kappa shape index (κ2) is 7.21. The lowest BCUT2D eigenvalue weighted by atomic mass is 10.1. The van der Waals surface area contributed by atoms with Crippen LogP contribution in [0.4, 0.5) is 0 Å². The summed E-state index contributed by atoms with van der Waals surface area (Å²) in [6.45, 7) is 2.09. The summed E-state index contributed by atoms with van der Waals surface area (Å²) in [7, 11) is 0. The maximum absolute atomic E-state index is 5.87. The highest BCUT2D eigenvalue weighted by Crippen LogP contribution is 2.27. The van der Waals surface area contributed by atoms with Gasteiger partial charge in [-0.05, 0) is 35.4 Å². The minimum absolute atomic E-state index is 0.331. The van der Waals surface area contributed by atoms with E-state index in [2.05, 4.69) is 46.1 Å². The fourth-order valence-corrected chi connectivity index (χ4v) is 2.69. The Balaban J connectivity index is 1.60. The predicted octanol–water partition coefficient (Wildman–Crippen LogP) is 3.19. The van der Waals surface area contributed by atoms with Crippen LogP contribution in [0, 0.1) is 0 Å². The largest absolute Gasteiger partial charge is 0.488 e. The highest BCUT2D eigenvalue weighted by Gasteiger charge is 2.21. The number of rotatable bonds is 7. The third-order valence-corrected chi connectivity index (χ3v) is 3.84. The van der Waals surface area contributed by atoms with E-state index in [-0.39, 0.29) is 0 Å². The molecule has 1 N–H and O–H groups in total. The molecule has 0 fully saturated rings. The average Bonchev–Trinajstić information content (AvgIpc) is 2.76. The molecule has 3 heteroatoms. The van der Waals surface area contributed by atoms with Crippen LogP contribution >= 0.6 is 22.6 Å². The zero-order valence-corrected chi connectivity index (χ0v) is 12.3. The molecule has 2 nitrogen and oxygen atoms in total. The Labute approximate surface area is 117 Å². The van der Waals surface area contributed by atoms with Crippen molar-refractivity contribution in [1.29, 1.82) is 0 Å². The van der Waals surface area contributed by atoms with Gasteiger partial charge in [0.2, 0.25) is 0 Å². The summed E-state index contributed by atoms with van der Waals surface area (Å²) in [5.41, 5.74) is 1.35. The summed E-state index contributed by atoms with van der Waals surface area (Å²) in [6.07, 6.45) is 5.34. The molecule has 1 heterocycles. The number of hydrogen-bond acceptors (Lipinski definition) is 2. The maximum Gasteiger partial charge on any atom is 0.123 e. The Morgan fingerprint density at radius 2 is 2.12 bits per heavy atom. The minimum atomic E-state index is 0.331. The lowest BCUT2D eigenvalue weighted by Crippen LogP contribution is -2.30. The number of ether oxygens (including phenoxy) is 1. The van der Waals surface area contributed by atoms with E-state index in [4.69, 9.17) is 4.74 Å². The first-order chi connectivity index (χ1) is 8.40. The smallest absolute Gasteiger partial charge is 0.123 e. The number of halogens is 1. The SMILES string of the molecule is ICCCCCNCC1Cc2ccccc2O1. The normalized spacial score (nSPS) is 17.8. The van der Waals surface area contributed by atoms with Gasteiger partial charge in [-0.3, -0.25) is 0 Å². The van der Waals surface area contributed by atoms with E-state index >= 15 is 0 Å². The van der Waals surface area contributed by atoms with Crippen LogP contribution in [0.5, 0.6) is 5.75 Å². The molecular formula is C14H20INO. The zero-order chi connectivity index (χ0) is 11.9. The first kappa shape index (κ1) is 13.1. The lowest BCUT2D eigenvalue weighted by molar-refractivity contribution is 0.227. The van der Waals surface area contributed by atoms with E-state index in [9.17, 15) is 0 Å². The van der Waals surface area contributed by atoms with Crippen molar-refractivity contribution in [3.05, 3.63) is 29.8 Å². The van der Waals surface area contributed by atoms with Gasteiger partial charge in [0.25, 0.3) is 0 Å². The number of nitrogens with one attached hydrogen (secondary N) is 1. The summed E-state index contributed by atoms with van der Waals surface area (Å²) in [5, 5.41) is 3.49. The Kier molecular flexibility index (Phi) is 5.58. The summed E-state index contributed by atoms with van der Waals surface area (Å²) in [4.78, 5) is 0. The zero-order valence-electron chi connectivity index (χ0n) is 10.1. The molecule has 1 aliphatic heterocycles. The Morgan fingerprint density at radius 3 is 2.94 bits per heavy atom. The lowest BCUT2D eigenvalue weighted by Gasteiger charge is -2.11. The minimum Gasteiger partial charge on any atom is -0.488 e. The highest BCUT2D eigenvalue weighted by molar-refractivity contribution is 14.1. The van der Waals surface area contributed by atoms with Crippen molar-refractivity contribution in [3.8, 4) is 5.75 Å². The quantitative estimate of drug-likeness (QED) is 0.466. The van der Waals surface area contributed by atoms with Gasteiger partial charge in [0.05, 0.1) is 0 Å². The molecule has 0 radical (unpaired) electrons. The number of hydrogen-bond donors (Lipinski definition) is 1. The third kappa shape index (κ3) is 4.14. The van der Waals surface area contributed by atoms with Crippen molar-refractivity contribution in [3.63, 3.8) is 0 Å². The molecule has 94 valence electrons. The summed E-state index contributed by atoms with van der Waals surface area (Å²) < 4.78 is 7.15. The van der Waals surface area contributed by atoms with E-state index in [1.165, 1.54) is 29.3 Å². The highest BCUT2D eigenvalue weighted by atomic mass is 127. The average molecular weight is 345 g/mol. The van der Waals surface area contributed by atoms with Crippen molar-refractivity contribution in [1.82, 2.24) is 5.32 Å². The Hall–Kier alpha value is -0.290. The van der Waals surface area contributed by atoms with E-state index < -0.39 is 0 Å². The first-order valence-corrected chi connectivity index (χ1v) is 7.94. The fraction of sp³-hybridized carbons (Fsp3) is 0.571. The molecule has 0 saturated heterocycles. The molecule has 1 unspecified atom stereocenters. The van der Waals surface area contributed by atoms with Crippen molar-refractivity contribution >= 4 is 22.6 Å². The number of alkyl halides is 1. The number of unbranched alkanes of at least 4 members (excludes halogenated alkanes) is 2. The van der Waals surface area contributed by atoms with Gasteiger partial charge in [0.15, 0.2) is 0 Å². The number of para-hydroxylation sites is 1. The van der Waals surface area contributed by atoms with Crippen LogP contribution in [-0.2, 0) is 6.42 Å². The molecular weight excluding hydrogens is 325 g/mol. The van der Waals surface area contributed by atoms with E-state index in [0.717, 1.165) is 25.3 Å². The second-order valence-electron chi connectivity index (χ2n) is 4.51. The van der Waals surface area contributed by atoms with E-state index in [0.29, 0.717) is 6.10 Å². The van der Waals surface area contributed by atoms with Gasteiger partial charge < -0.3 is 10.1 Å². The fourth-order valence-electron chi connectivity index (χ4n) is 2.15. The van der Waals surface area contributed by atoms with Crippen molar-refractivity contribution in [2.45, 2.75) is 31.8 Å². The monoisotopic (exact) mass is 345 g/mol. The van der Waals surface area contributed by atoms with Crippen molar-refractivity contribution in [2.24, 2.45) is 0 Å². The molecule has 1 aliphatic rings. The van der Waals surface area contributed by atoms with Crippen LogP contribution in [0.25, 0.3) is 0 Å². The molecule has 2 rings (SSSR count). The van der Waals surface area contributed by atoms with Crippen molar-refractivity contribution < 1.29 is 4.74 Å². The number of benzene rings is 1. The molecule has 17 heavy (non-hydrogen) atoms. The van der Waals surface area contributed by atoms with E-state index in [1.54, 1.807) is 0 Å². The van der Waals surface area contributed by atoms with Gasteiger partial charge in [-0.2, -0.15) is 0 Å². The topological polar surface area (TPSA) is 21.3 Å². The molecule has 0 spiro atoms. The molecule has 0 amide bonds. The van der Waals surface area contributed by atoms with Crippen LogP contribution in [0.15, 0.2) is 24.3 Å². The van der Waals surface area contributed by atoms with Crippen LogP contribution in [-0.4, -0.2) is 23.6 Å². The maximum atomic E-state index is 5.87. The third-order valence-electron chi connectivity index (χ3n) is 3.07. The van der Waals surface area contributed by atoms with Crippen LogP contribution in [0.2, 0.25) is 0 Å². The van der Waals surface area contributed by atoms with Gasteiger partial charge in [0.1, 0.15) is 11.9 Å². The second-order valence-corrected chi connectivity index (χ2v) is 5.58. The molecule has 0 aromatic heterocycles. The van der Waals surface area contributed by atoms with Crippen LogP contribution in [0.3, 0.4) is 0 Å². The first-order valence-electron chi connectivity index (χ1n) is 6.41. The van der Waals surface area contributed by atoms with Gasteiger partial charge in [-0.15, -0.1) is 0 Å². The molecule has 0 aliphatic carbocycles. The predicted molar refractivity (Wildman–Crippen MR) is 80.2 cm³/mol. The molecule has 1 aromatic rings. The van der Waals surface area contributed by atoms with E-state index in [1.807, 2.05) is 6.07 Å². The molecule has 1 atom stereocenters. The van der Waals surface area contributed by atoms with Gasteiger partial charge >= 0.3 is 0 Å². The summed E-state index contributed by atoms with van der Waals surface area (Å²) in [6, 6.07) is 8.35. The Morgan fingerprint density at radius 1 is 1.24 bits per heavy atom. The molecule has 0 saturated carbocycles. The Bertz CT molecular complexity index is 318. The van der Waals surface area contributed by atoms with Gasteiger partial charge in [0, 0.05) is 13.0 Å². The van der Waals surface area contributed by atoms with Crippen molar-refractivity contribution in [2.75, 3.05) is 17.5 Å². The van der Waals surface area contributed by atoms with Crippen LogP contribution < -0.4 is 10.1 Å². The summed E-state index contributed by atoms with van der Waals surface area (Å²) in [5.74, 6) is 1.07. The molecule has 1 aromatic carbocycles. The van der Waals surface area contributed by atoms with Gasteiger partial charge in [-0.1, -0.05) is 47.2 Å². The standard InChI is InChI=1S/C14H20INO/c15-8-4-1-5-9-16-11-13-10-12-6-2-3-7-14(12)17-13/h2-3,6-7,13,16H,1,4-5,8-11H2. The summed E-state index contributed by atoms with van der Waals surface area (Å²) >= 11 is 2.44. The van der Waals surface area contributed by atoms with Crippen LogP contribution in [0.1, 0.15) is 24.8 Å².